The molecule has 2 heterocycles. The van der Waals surface area contributed by atoms with E-state index in [1.165, 1.54) is 24.1 Å². The van der Waals surface area contributed by atoms with Crippen molar-refractivity contribution in [3.05, 3.63) is 22.9 Å². The molecular formula is C16H25N5. The molecule has 3 N–H and O–H groups in total. The summed E-state index contributed by atoms with van der Waals surface area (Å²) in [5.41, 5.74) is 9.15. The van der Waals surface area contributed by atoms with Gasteiger partial charge in [0, 0.05) is 31.4 Å². The van der Waals surface area contributed by atoms with Crippen LogP contribution in [0.4, 0.5) is 5.82 Å². The highest BCUT2D eigenvalue weighted by molar-refractivity contribution is 6.00. The Morgan fingerprint density at radius 3 is 2.81 bits per heavy atom. The summed E-state index contributed by atoms with van der Waals surface area (Å²) in [4.78, 5) is 9.59. The van der Waals surface area contributed by atoms with Gasteiger partial charge in [-0.15, -0.1) is 0 Å². The van der Waals surface area contributed by atoms with Crippen LogP contribution in [0.5, 0.6) is 0 Å². The molecule has 0 bridgehead atoms. The third-order valence-corrected chi connectivity index (χ3v) is 4.67. The van der Waals surface area contributed by atoms with Gasteiger partial charge in [0.05, 0.1) is 5.56 Å². The zero-order chi connectivity index (χ0) is 15.0. The average molecular weight is 287 g/mol. The fraction of sp³-hybridized carbons (Fsp3) is 0.625. The van der Waals surface area contributed by atoms with E-state index in [1.54, 1.807) is 0 Å². The molecule has 0 radical (unpaired) electrons. The largest absolute Gasteiger partial charge is 0.384 e. The summed E-state index contributed by atoms with van der Waals surface area (Å²) in [5, 5.41) is 7.92. The van der Waals surface area contributed by atoms with Crippen molar-refractivity contribution >= 4 is 11.7 Å². The Morgan fingerprint density at radius 2 is 2.10 bits per heavy atom. The van der Waals surface area contributed by atoms with Gasteiger partial charge >= 0.3 is 0 Å². The maximum absolute atomic E-state index is 7.92. The molecule has 0 spiro atoms. The topological polar surface area (TPSA) is 69.2 Å². The summed E-state index contributed by atoms with van der Waals surface area (Å²) in [6.45, 7) is 5.22. The Hall–Kier alpha value is -1.62. The molecule has 1 unspecified atom stereocenters. The number of piperazine rings is 1. The first kappa shape index (κ1) is 14.3. The number of nitrogen functional groups attached to an aromatic ring is 1. The summed E-state index contributed by atoms with van der Waals surface area (Å²) in [6, 6.07) is 2.51. The molecule has 0 amide bonds. The van der Waals surface area contributed by atoms with Crippen LogP contribution in [0.2, 0.25) is 0 Å². The van der Waals surface area contributed by atoms with Crippen LogP contribution in [0.1, 0.15) is 36.6 Å². The summed E-state index contributed by atoms with van der Waals surface area (Å²) >= 11 is 0. The molecule has 1 saturated heterocycles. The first-order valence-electron chi connectivity index (χ1n) is 7.88. The fourth-order valence-electron chi connectivity index (χ4n) is 3.49. The maximum Gasteiger partial charge on any atom is 0.140 e. The van der Waals surface area contributed by atoms with E-state index in [0.29, 0.717) is 6.04 Å². The lowest BCUT2D eigenvalue weighted by Crippen LogP contribution is -2.51. The Morgan fingerprint density at radius 1 is 1.33 bits per heavy atom. The minimum Gasteiger partial charge on any atom is -0.384 e. The van der Waals surface area contributed by atoms with E-state index in [2.05, 4.69) is 29.8 Å². The maximum atomic E-state index is 7.92. The van der Waals surface area contributed by atoms with Crippen LogP contribution in [0.3, 0.4) is 0 Å². The highest BCUT2D eigenvalue weighted by Gasteiger charge is 2.27. The highest BCUT2D eigenvalue weighted by Crippen LogP contribution is 2.28. The van der Waals surface area contributed by atoms with Gasteiger partial charge in [0.25, 0.3) is 0 Å². The van der Waals surface area contributed by atoms with Crippen LogP contribution in [0, 0.1) is 5.41 Å². The molecule has 0 aromatic carbocycles. The molecule has 21 heavy (non-hydrogen) atoms. The van der Waals surface area contributed by atoms with Gasteiger partial charge in [-0.2, -0.15) is 0 Å². The second kappa shape index (κ2) is 5.64. The molecular weight excluding hydrogens is 262 g/mol. The molecule has 1 aromatic rings. The zero-order valence-electron chi connectivity index (χ0n) is 13.0. The number of likely N-dealkylation sites (N-methyl/N-ethyl adjacent to an activating group) is 1. The van der Waals surface area contributed by atoms with Crippen molar-refractivity contribution in [2.75, 3.05) is 31.6 Å². The molecule has 3 rings (SSSR count). The summed E-state index contributed by atoms with van der Waals surface area (Å²) in [6.07, 6.45) is 4.57. The molecule has 1 atom stereocenters. The van der Waals surface area contributed by atoms with Crippen molar-refractivity contribution in [1.29, 1.82) is 5.41 Å². The van der Waals surface area contributed by atoms with Crippen molar-refractivity contribution in [3.8, 4) is 0 Å². The fourth-order valence-corrected chi connectivity index (χ4v) is 3.49. The van der Waals surface area contributed by atoms with E-state index in [-0.39, 0.29) is 5.84 Å². The molecule has 1 aliphatic heterocycles. The van der Waals surface area contributed by atoms with Crippen LogP contribution in [-0.4, -0.2) is 48.4 Å². The zero-order valence-corrected chi connectivity index (χ0v) is 13.0. The SMILES string of the molecule is CC1CN(C)CCN1c1nc2c(cc1C(=N)N)CCCC2. The van der Waals surface area contributed by atoms with E-state index in [1.807, 2.05) is 0 Å². The van der Waals surface area contributed by atoms with Gasteiger partial charge < -0.3 is 15.5 Å². The monoisotopic (exact) mass is 287 g/mol. The second-order valence-corrected chi connectivity index (χ2v) is 6.39. The molecule has 5 nitrogen and oxygen atoms in total. The number of anilines is 1. The van der Waals surface area contributed by atoms with Crippen LogP contribution < -0.4 is 10.6 Å². The van der Waals surface area contributed by atoms with Gasteiger partial charge in [0.1, 0.15) is 11.7 Å². The number of hydrogen-bond donors (Lipinski definition) is 2. The molecule has 5 heteroatoms. The third kappa shape index (κ3) is 2.75. The van der Waals surface area contributed by atoms with Gasteiger partial charge in [0.2, 0.25) is 0 Å². The first-order valence-corrected chi connectivity index (χ1v) is 7.88. The molecule has 1 aromatic heterocycles. The Labute approximate surface area is 126 Å². The van der Waals surface area contributed by atoms with Crippen LogP contribution in [0.15, 0.2) is 6.07 Å². The number of rotatable bonds is 2. The number of fused-ring (bicyclic) bond motifs is 1. The smallest absolute Gasteiger partial charge is 0.140 e. The predicted octanol–water partition coefficient (Wildman–Crippen LogP) is 1.38. The van der Waals surface area contributed by atoms with Crippen LogP contribution >= 0.6 is 0 Å². The average Bonchev–Trinajstić information content (AvgIpc) is 2.46. The molecule has 0 saturated carbocycles. The van der Waals surface area contributed by atoms with Crippen LogP contribution in [-0.2, 0) is 12.8 Å². The predicted molar refractivity (Wildman–Crippen MR) is 86.2 cm³/mol. The standard InChI is InChI=1S/C16H25N5/c1-11-10-20(2)7-8-21(11)16-13(15(17)18)9-12-5-3-4-6-14(12)19-16/h9,11H,3-8,10H2,1-2H3,(H3,17,18). The van der Waals surface area contributed by atoms with E-state index in [9.17, 15) is 0 Å². The lowest BCUT2D eigenvalue weighted by molar-refractivity contribution is 0.274. The van der Waals surface area contributed by atoms with E-state index >= 15 is 0 Å². The summed E-state index contributed by atoms with van der Waals surface area (Å²) in [7, 11) is 2.15. The minimum atomic E-state index is 0.136. The van der Waals surface area contributed by atoms with Gasteiger partial charge in [-0.3, -0.25) is 5.41 Å². The number of nitrogens with one attached hydrogen (secondary N) is 1. The molecule has 1 aliphatic carbocycles. The first-order chi connectivity index (χ1) is 10.1. The lowest BCUT2D eigenvalue weighted by Gasteiger charge is -2.40. The number of nitrogens with two attached hydrogens (primary N) is 1. The van der Waals surface area contributed by atoms with Gasteiger partial charge in [-0.1, -0.05) is 0 Å². The quantitative estimate of drug-likeness (QED) is 0.637. The number of pyridine rings is 1. The van der Waals surface area contributed by atoms with Gasteiger partial charge in [-0.05, 0) is 51.3 Å². The van der Waals surface area contributed by atoms with Crippen LogP contribution in [0.25, 0.3) is 0 Å². The van der Waals surface area contributed by atoms with Crippen molar-refractivity contribution in [2.24, 2.45) is 5.73 Å². The van der Waals surface area contributed by atoms with E-state index in [4.69, 9.17) is 16.1 Å². The van der Waals surface area contributed by atoms with Crippen molar-refractivity contribution in [2.45, 2.75) is 38.6 Å². The molecule has 2 aliphatic rings. The van der Waals surface area contributed by atoms with Gasteiger partial charge in [-0.25, -0.2) is 4.98 Å². The number of hydrogen-bond acceptors (Lipinski definition) is 4. The second-order valence-electron chi connectivity index (χ2n) is 6.39. The number of amidine groups is 1. The highest BCUT2D eigenvalue weighted by atomic mass is 15.3. The Kier molecular flexibility index (Phi) is 3.85. The number of nitrogens with zero attached hydrogens (tertiary/aromatic N) is 3. The Balaban J connectivity index is 2.01. The van der Waals surface area contributed by atoms with E-state index in [0.717, 1.165) is 43.9 Å². The summed E-state index contributed by atoms with van der Waals surface area (Å²) in [5.74, 6) is 1.06. The van der Waals surface area contributed by atoms with E-state index < -0.39 is 0 Å². The Bertz CT molecular complexity index is 554. The van der Waals surface area contributed by atoms with Gasteiger partial charge in [0.15, 0.2) is 0 Å². The summed E-state index contributed by atoms with van der Waals surface area (Å²) < 4.78 is 0. The lowest BCUT2D eigenvalue weighted by atomic mass is 9.94. The van der Waals surface area contributed by atoms with Crippen molar-refractivity contribution < 1.29 is 0 Å². The minimum absolute atomic E-state index is 0.136. The molecule has 1 fully saturated rings. The van der Waals surface area contributed by atoms with Crippen molar-refractivity contribution in [3.63, 3.8) is 0 Å². The number of aromatic nitrogens is 1. The normalized spacial score (nSPS) is 23.0. The van der Waals surface area contributed by atoms with Crippen molar-refractivity contribution in [1.82, 2.24) is 9.88 Å². The number of aryl methyl sites for hydroxylation is 2. The third-order valence-electron chi connectivity index (χ3n) is 4.67. The molecule has 114 valence electrons.